The van der Waals surface area contributed by atoms with E-state index in [1.54, 1.807) is 0 Å². The Balaban J connectivity index is 2.52. The minimum atomic E-state index is -0.521. The van der Waals surface area contributed by atoms with Crippen molar-refractivity contribution in [3.8, 4) is 0 Å². The maximum Gasteiger partial charge on any atom is 0.325 e. The van der Waals surface area contributed by atoms with Crippen LogP contribution >= 0.6 is 11.3 Å². The molecule has 0 fully saturated rings. The van der Waals surface area contributed by atoms with Crippen LogP contribution < -0.4 is 11.1 Å². The van der Waals surface area contributed by atoms with Gasteiger partial charge in [0, 0.05) is 0 Å². The van der Waals surface area contributed by atoms with Crippen molar-refractivity contribution in [1.82, 2.24) is 10.3 Å². The molecule has 0 radical (unpaired) electrons. The lowest BCUT2D eigenvalue weighted by molar-refractivity contribution is -0.139. The van der Waals surface area contributed by atoms with Gasteiger partial charge in [0.1, 0.15) is 11.5 Å². The van der Waals surface area contributed by atoms with E-state index in [4.69, 9.17) is 5.73 Å². The number of nitrogens with zero attached hydrogens (tertiary/aromatic N) is 1. The van der Waals surface area contributed by atoms with E-state index in [2.05, 4.69) is 15.0 Å². The number of nitrogen functional groups attached to an aromatic ring is 1. The van der Waals surface area contributed by atoms with E-state index in [1.165, 1.54) is 12.6 Å². The monoisotopic (exact) mass is 215 g/mol. The summed E-state index contributed by atoms with van der Waals surface area (Å²) < 4.78 is 4.35. The second-order valence-electron chi connectivity index (χ2n) is 2.32. The molecule has 0 aliphatic rings. The Labute approximate surface area is 84.1 Å². The average molecular weight is 215 g/mol. The van der Waals surface area contributed by atoms with Gasteiger partial charge in [-0.25, -0.2) is 4.98 Å². The molecule has 0 bridgehead atoms. The first kappa shape index (κ1) is 10.5. The standard InChI is InChI=1S/C7H9N3O3S/c1-13-4(11)2-9-7(12)5-6(8)14-3-10-5/h3H,2,8H2,1H3,(H,9,12). The maximum absolute atomic E-state index is 11.3. The number of thiazole rings is 1. The minimum Gasteiger partial charge on any atom is -0.468 e. The summed E-state index contributed by atoms with van der Waals surface area (Å²) in [5.41, 5.74) is 7.06. The predicted molar refractivity (Wildman–Crippen MR) is 50.9 cm³/mol. The van der Waals surface area contributed by atoms with Crippen molar-refractivity contribution in [3.05, 3.63) is 11.2 Å². The van der Waals surface area contributed by atoms with Crippen molar-refractivity contribution in [2.24, 2.45) is 0 Å². The van der Waals surface area contributed by atoms with Gasteiger partial charge in [0.05, 0.1) is 12.6 Å². The molecule has 76 valence electrons. The first-order chi connectivity index (χ1) is 6.65. The first-order valence-corrected chi connectivity index (χ1v) is 4.57. The molecule has 0 aromatic carbocycles. The number of carbonyl (C=O) groups is 2. The van der Waals surface area contributed by atoms with Crippen molar-refractivity contribution in [3.63, 3.8) is 0 Å². The Morgan fingerprint density at radius 1 is 1.71 bits per heavy atom. The largest absolute Gasteiger partial charge is 0.468 e. The van der Waals surface area contributed by atoms with Crippen LogP contribution in [0.4, 0.5) is 5.00 Å². The van der Waals surface area contributed by atoms with Crippen LogP contribution in [0.5, 0.6) is 0 Å². The van der Waals surface area contributed by atoms with E-state index in [0.717, 1.165) is 11.3 Å². The zero-order valence-corrected chi connectivity index (χ0v) is 8.26. The zero-order chi connectivity index (χ0) is 10.6. The van der Waals surface area contributed by atoms with Gasteiger partial charge >= 0.3 is 5.97 Å². The SMILES string of the molecule is COC(=O)CNC(=O)c1ncsc1N. The van der Waals surface area contributed by atoms with Crippen LogP contribution in [0.3, 0.4) is 0 Å². The summed E-state index contributed by atoms with van der Waals surface area (Å²) in [7, 11) is 1.24. The van der Waals surface area contributed by atoms with Crippen LogP contribution in [0.15, 0.2) is 5.51 Å². The molecule has 3 N–H and O–H groups in total. The summed E-state index contributed by atoms with van der Waals surface area (Å²) in [6.45, 7) is -0.188. The van der Waals surface area contributed by atoms with Gasteiger partial charge in [-0.15, -0.1) is 11.3 Å². The summed E-state index contributed by atoms with van der Waals surface area (Å²) >= 11 is 1.16. The molecule has 0 spiro atoms. The number of amides is 1. The van der Waals surface area contributed by atoms with E-state index in [-0.39, 0.29) is 12.2 Å². The van der Waals surface area contributed by atoms with Crippen molar-refractivity contribution in [2.45, 2.75) is 0 Å². The summed E-state index contributed by atoms with van der Waals surface area (Å²) in [6.07, 6.45) is 0. The average Bonchev–Trinajstić information content (AvgIpc) is 2.60. The molecule has 1 aromatic rings. The highest BCUT2D eigenvalue weighted by Gasteiger charge is 2.13. The number of hydrogen-bond acceptors (Lipinski definition) is 6. The van der Waals surface area contributed by atoms with Crippen LogP contribution in [0, 0.1) is 0 Å². The molecule has 7 heteroatoms. The summed E-state index contributed by atoms with van der Waals surface area (Å²) in [6, 6.07) is 0. The van der Waals surface area contributed by atoms with Crippen molar-refractivity contribution >= 4 is 28.2 Å². The fourth-order valence-corrected chi connectivity index (χ4v) is 1.26. The van der Waals surface area contributed by atoms with Crippen LogP contribution in [-0.4, -0.2) is 30.5 Å². The number of nitrogens with two attached hydrogens (primary N) is 1. The molecule has 0 saturated heterocycles. The number of methoxy groups -OCH3 is 1. The molecule has 0 saturated carbocycles. The highest BCUT2D eigenvalue weighted by atomic mass is 32.1. The normalized spacial score (nSPS) is 9.50. The van der Waals surface area contributed by atoms with E-state index >= 15 is 0 Å². The summed E-state index contributed by atoms with van der Waals surface area (Å²) in [5, 5.41) is 2.65. The Kier molecular flexibility index (Phi) is 3.41. The van der Waals surface area contributed by atoms with Crippen LogP contribution in [0.1, 0.15) is 10.5 Å². The second-order valence-corrected chi connectivity index (χ2v) is 3.21. The zero-order valence-electron chi connectivity index (χ0n) is 7.44. The predicted octanol–water partition coefficient (Wildman–Crippen LogP) is -0.372. The lowest BCUT2D eigenvalue weighted by Gasteiger charge is -2.01. The summed E-state index contributed by atoms with van der Waals surface area (Å²) in [5.74, 6) is -0.999. The van der Waals surface area contributed by atoms with Crippen LogP contribution in [-0.2, 0) is 9.53 Å². The van der Waals surface area contributed by atoms with Crippen molar-refractivity contribution < 1.29 is 14.3 Å². The summed E-state index contributed by atoms with van der Waals surface area (Å²) in [4.78, 5) is 25.7. The van der Waals surface area contributed by atoms with Gasteiger partial charge in [0.15, 0.2) is 5.69 Å². The molecule has 1 rings (SSSR count). The molecule has 0 atom stereocenters. The highest BCUT2D eigenvalue weighted by Crippen LogP contribution is 2.14. The van der Waals surface area contributed by atoms with Crippen molar-refractivity contribution in [2.75, 3.05) is 19.4 Å². The molecule has 0 aliphatic heterocycles. The number of aromatic nitrogens is 1. The highest BCUT2D eigenvalue weighted by molar-refractivity contribution is 7.14. The van der Waals surface area contributed by atoms with Gasteiger partial charge in [-0.2, -0.15) is 0 Å². The molecule has 14 heavy (non-hydrogen) atoms. The lowest BCUT2D eigenvalue weighted by atomic mass is 10.4. The first-order valence-electron chi connectivity index (χ1n) is 3.69. The number of anilines is 1. The lowest BCUT2D eigenvalue weighted by Crippen LogP contribution is -2.30. The topological polar surface area (TPSA) is 94.3 Å². The minimum absolute atomic E-state index is 0.138. The molecule has 0 aliphatic carbocycles. The maximum atomic E-state index is 11.3. The molecular weight excluding hydrogens is 206 g/mol. The third-order valence-electron chi connectivity index (χ3n) is 1.43. The number of nitrogens with one attached hydrogen (secondary N) is 1. The van der Waals surface area contributed by atoms with Gasteiger partial charge in [-0.05, 0) is 0 Å². The van der Waals surface area contributed by atoms with Crippen molar-refractivity contribution in [1.29, 1.82) is 0 Å². The Hall–Kier alpha value is -1.63. The third-order valence-corrected chi connectivity index (χ3v) is 2.09. The fourth-order valence-electron chi connectivity index (χ4n) is 0.734. The number of carbonyl (C=O) groups excluding carboxylic acids is 2. The van der Waals surface area contributed by atoms with Gasteiger partial charge in [-0.3, -0.25) is 9.59 Å². The Morgan fingerprint density at radius 2 is 2.43 bits per heavy atom. The fraction of sp³-hybridized carbons (Fsp3) is 0.286. The number of esters is 1. The van der Waals surface area contributed by atoms with Gasteiger partial charge in [-0.1, -0.05) is 0 Å². The Bertz CT molecular complexity index is 350. The quantitative estimate of drug-likeness (QED) is 0.671. The molecule has 6 nitrogen and oxygen atoms in total. The molecule has 1 aromatic heterocycles. The van der Waals surface area contributed by atoms with Crippen LogP contribution in [0.25, 0.3) is 0 Å². The van der Waals surface area contributed by atoms with Gasteiger partial charge in [0.2, 0.25) is 0 Å². The third kappa shape index (κ3) is 2.43. The second kappa shape index (κ2) is 4.56. The molecule has 0 unspecified atom stereocenters. The van der Waals surface area contributed by atoms with E-state index in [9.17, 15) is 9.59 Å². The number of ether oxygens (including phenoxy) is 1. The molecular formula is C7H9N3O3S. The molecule has 1 heterocycles. The number of rotatable bonds is 3. The van der Waals surface area contributed by atoms with Gasteiger partial charge in [0.25, 0.3) is 5.91 Å². The smallest absolute Gasteiger partial charge is 0.325 e. The number of hydrogen-bond donors (Lipinski definition) is 2. The van der Waals surface area contributed by atoms with Crippen LogP contribution in [0.2, 0.25) is 0 Å². The van der Waals surface area contributed by atoms with E-state index in [1.807, 2.05) is 0 Å². The molecule has 1 amide bonds. The Morgan fingerprint density at radius 3 is 2.93 bits per heavy atom. The van der Waals surface area contributed by atoms with Gasteiger partial charge < -0.3 is 15.8 Å². The van der Waals surface area contributed by atoms with E-state index < -0.39 is 11.9 Å². The van der Waals surface area contributed by atoms with E-state index in [0.29, 0.717) is 5.00 Å².